The number of nitrogens with zero attached hydrogens (tertiary/aromatic N) is 4. The fourth-order valence-electron chi connectivity index (χ4n) is 3.98. The van der Waals surface area contributed by atoms with E-state index in [-0.39, 0.29) is 5.91 Å². The molecular formula is C25H21ClN4O3. The number of carbonyl (C=O) groups is 1. The van der Waals surface area contributed by atoms with Crippen molar-refractivity contribution in [1.29, 1.82) is 0 Å². The van der Waals surface area contributed by atoms with E-state index in [0.29, 0.717) is 28.6 Å². The summed E-state index contributed by atoms with van der Waals surface area (Å²) in [4.78, 5) is 28.0. The maximum Gasteiger partial charge on any atom is 0.285 e. The molecule has 0 N–H and O–H groups in total. The first-order valence-electron chi connectivity index (χ1n) is 10.4. The van der Waals surface area contributed by atoms with E-state index in [4.69, 9.17) is 21.2 Å². The fourth-order valence-corrected chi connectivity index (χ4v) is 4.11. The van der Waals surface area contributed by atoms with Crippen molar-refractivity contribution in [2.75, 3.05) is 7.11 Å². The summed E-state index contributed by atoms with van der Waals surface area (Å²) in [5.74, 6) is 0.366. The van der Waals surface area contributed by atoms with Gasteiger partial charge in [-0.15, -0.1) is 0 Å². The van der Waals surface area contributed by atoms with E-state index in [1.54, 1.807) is 13.3 Å². The number of hydrogen-bond acceptors (Lipinski definition) is 5. The number of hydrogen-bond donors (Lipinski definition) is 0. The Morgan fingerprint density at radius 3 is 2.70 bits per heavy atom. The molecule has 0 saturated heterocycles. The number of benzene rings is 2. The molecule has 0 aliphatic carbocycles. The average molecular weight is 461 g/mol. The van der Waals surface area contributed by atoms with Crippen LogP contribution in [0.3, 0.4) is 0 Å². The monoisotopic (exact) mass is 460 g/mol. The second-order valence-electron chi connectivity index (χ2n) is 7.66. The van der Waals surface area contributed by atoms with Gasteiger partial charge in [-0.1, -0.05) is 29.8 Å². The number of methoxy groups -OCH3 is 1. The zero-order chi connectivity index (χ0) is 22.9. The lowest BCUT2D eigenvalue weighted by Gasteiger charge is -2.15. The quantitative estimate of drug-likeness (QED) is 0.412. The minimum absolute atomic E-state index is 0.303. The molecule has 5 rings (SSSR count). The van der Waals surface area contributed by atoms with Gasteiger partial charge in [0.15, 0.2) is 0 Å². The van der Waals surface area contributed by atoms with E-state index in [9.17, 15) is 4.79 Å². The van der Waals surface area contributed by atoms with E-state index >= 15 is 0 Å². The molecule has 1 amide bonds. The van der Waals surface area contributed by atoms with Gasteiger partial charge in [0, 0.05) is 34.4 Å². The number of halogens is 1. The second-order valence-corrected chi connectivity index (χ2v) is 8.10. The highest BCUT2D eigenvalue weighted by Gasteiger charge is 2.30. The third kappa shape index (κ3) is 3.97. The molecule has 8 heteroatoms. The Kier molecular flexibility index (Phi) is 5.58. The molecule has 0 fully saturated rings. The number of aliphatic imine (C=N–C) groups is 1. The number of rotatable bonds is 5. The van der Waals surface area contributed by atoms with Crippen LogP contribution in [-0.2, 0) is 11.4 Å². The predicted octanol–water partition coefficient (Wildman–Crippen LogP) is 5.17. The summed E-state index contributed by atoms with van der Waals surface area (Å²) in [6.45, 7) is 2.52. The molecule has 3 heterocycles. The summed E-state index contributed by atoms with van der Waals surface area (Å²) in [5.41, 5.74) is 3.97. The Bertz CT molecular complexity index is 1350. The maximum atomic E-state index is 13.6. The molecule has 0 bridgehead atoms. The first kappa shape index (κ1) is 21.2. The molecule has 1 aliphatic rings. The van der Waals surface area contributed by atoms with Crippen molar-refractivity contribution in [2.24, 2.45) is 4.99 Å². The van der Waals surface area contributed by atoms with Crippen molar-refractivity contribution in [3.05, 3.63) is 94.4 Å². The number of fused-ring (bicyclic) bond motifs is 1. The summed E-state index contributed by atoms with van der Waals surface area (Å²) in [6, 6.07) is 18.9. The van der Waals surface area contributed by atoms with Crippen molar-refractivity contribution in [1.82, 2.24) is 14.6 Å². The zero-order valence-electron chi connectivity index (χ0n) is 18.1. The summed E-state index contributed by atoms with van der Waals surface area (Å²) >= 11 is 6.05. The smallest absolute Gasteiger partial charge is 0.285 e. The van der Waals surface area contributed by atoms with Crippen molar-refractivity contribution in [3.63, 3.8) is 0 Å². The van der Waals surface area contributed by atoms with Gasteiger partial charge in [0.25, 0.3) is 5.91 Å². The molecule has 0 spiro atoms. The number of ether oxygens (including phenoxy) is 1. The van der Waals surface area contributed by atoms with Crippen molar-refractivity contribution in [2.45, 2.75) is 19.7 Å². The molecule has 7 nitrogen and oxygen atoms in total. The van der Waals surface area contributed by atoms with Crippen molar-refractivity contribution >= 4 is 34.7 Å². The molecule has 166 valence electrons. The number of pyridine rings is 1. The van der Waals surface area contributed by atoms with E-state index in [0.717, 1.165) is 22.2 Å². The lowest BCUT2D eigenvalue weighted by molar-refractivity contribution is -0.0945. The van der Waals surface area contributed by atoms with E-state index in [2.05, 4.69) is 14.5 Å². The van der Waals surface area contributed by atoms with E-state index < -0.39 is 6.23 Å². The molecule has 33 heavy (non-hydrogen) atoms. The van der Waals surface area contributed by atoms with Crippen LogP contribution >= 0.6 is 11.6 Å². The fraction of sp³-hybridized carbons (Fsp3) is 0.160. The molecule has 4 aromatic rings. The summed E-state index contributed by atoms with van der Waals surface area (Å²) < 4.78 is 7.53. The van der Waals surface area contributed by atoms with Crippen LogP contribution in [0.5, 0.6) is 5.75 Å². The van der Waals surface area contributed by atoms with Gasteiger partial charge < -0.3 is 9.30 Å². The Hall–Kier alpha value is -3.68. The van der Waals surface area contributed by atoms with Crippen molar-refractivity contribution < 1.29 is 14.4 Å². The van der Waals surface area contributed by atoms with Gasteiger partial charge in [-0.3, -0.25) is 9.78 Å². The predicted molar refractivity (Wildman–Crippen MR) is 127 cm³/mol. The van der Waals surface area contributed by atoms with Crippen LogP contribution in [0, 0.1) is 6.92 Å². The van der Waals surface area contributed by atoms with E-state index in [1.165, 1.54) is 11.4 Å². The van der Waals surface area contributed by atoms with E-state index in [1.807, 2.05) is 67.6 Å². The third-order valence-corrected chi connectivity index (χ3v) is 5.91. The van der Waals surface area contributed by atoms with Crippen molar-refractivity contribution in [3.8, 4) is 5.75 Å². The first-order valence-corrected chi connectivity index (χ1v) is 10.8. The van der Waals surface area contributed by atoms with Gasteiger partial charge in [0.05, 0.1) is 18.4 Å². The number of amides is 1. The van der Waals surface area contributed by atoms with Crippen LogP contribution < -0.4 is 4.74 Å². The molecule has 1 unspecified atom stereocenters. The molecule has 2 aromatic carbocycles. The van der Waals surface area contributed by atoms with Gasteiger partial charge in [-0.05, 0) is 55.0 Å². The highest BCUT2D eigenvalue weighted by molar-refractivity contribution is 6.30. The Balaban J connectivity index is 1.53. The highest BCUT2D eigenvalue weighted by atomic mass is 35.5. The normalized spacial score (nSPS) is 15.4. The topological polar surface area (TPSA) is 68.9 Å². The van der Waals surface area contributed by atoms with Crippen LogP contribution in [0.4, 0.5) is 0 Å². The highest BCUT2D eigenvalue weighted by Crippen LogP contribution is 2.33. The summed E-state index contributed by atoms with van der Waals surface area (Å²) in [5, 5.41) is 2.64. The molecule has 1 atom stereocenters. The SMILES string of the molecule is COc1ccc2c(c1)c(C(=O)N1C=NC(c3ccccn3)O1)c(C)n2Cc1ccc(Cl)cc1. The Morgan fingerprint density at radius 1 is 1.15 bits per heavy atom. The van der Waals surface area contributed by atoms with Gasteiger partial charge in [0.2, 0.25) is 6.23 Å². The average Bonchev–Trinajstić information content (AvgIpc) is 3.44. The van der Waals surface area contributed by atoms with Crippen LogP contribution in [0.1, 0.15) is 33.5 Å². The second kappa shape index (κ2) is 8.69. The standard InChI is InChI=1S/C25H21ClN4O3/c1-16-23(25(31)30-15-28-24(33-30)21-5-3-4-12-27-21)20-13-19(32-2)10-11-22(20)29(16)14-17-6-8-18(26)9-7-17/h3-13,15,24H,14H2,1-2H3. The van der Waals surface area contributed by atoms with Gasteiger partial charge in [-0.25, -0.2) is 9.83 Å². The molecule has 1 aliphatic heterocycles. The zero-order valence-corrected chi connectivity index (χ0v) is 18.9. The molecular weight excluding hydrogens is 440 g/mol. The van der Waals surface area contributed by atoms with Gasteiger partial charge >= 0.3 is 0 Å². The minimum atomic E-state index is -0.660. The Labute approximate surface area is 195 Å². The third-order valence-electron chi connectivity index (χ3n) is 5.66. The van der Waals surface area contributed by atoms with Gasteiger partial charge in [-0.2, -0.15) is 5.06 Å². The van der Waals surface area contributed by atoms with Crippen LogP contribution in [0.25, 0.3) is 10.9 Å². The molecule has 0 radical (unpaired) electrons. The largest absolute Gasteiger partial charge is 0.497 e. The lowest BCUT2D eigenvalue weighted by atomic mass is 10.1. The van der Waals surface area contributed by atoms with Crippen LogP contribution in [-0.4, -0.2) is 34.0 Å². The number of aromatic nitrogens is 2. The summed E-state index contributed by atoms with van der Waals surface area (Å²) in [7, 11) is 1.61. The molecule has 0 saturated carbocycles. The van der Waals surface area contributed by atoms with Gasteiger partial charge in [0.1, 0.15) is 12.1 Å². The van der Waals surface area contributed by atoms with Crippen LogP contribution in [0.2, 0.25) is 5.02 Å². The Morgan fingerprint density at radius 2 is 1.97 bits per heavy atom. The lowest BCUT2D eigenvalue weighted by Crippen LogP contribution is -2.27. The molecule has 2 aromatic heterocycles. The first-order chi connectivity index (χ1) is 16.0. The maximum absolute atomic E-state index is 13.6. The number of hydroxylamine groups is 2. The summed E-state index contributed by atoms with van der Waals surface area (Å²) in [6.07, 6.45) is 2.41. The minimum Gasteiger partial charge on any atom is -0.497 e. The number of carbonyl (C=O) groups excluding carboxylic acids is 1. The van der Waals surface area contributed by atoms with Crippen LogP contribution in [0.15, 0.2) is 71.9 Å².